The highest BCUT2D eigenvalue weighted by atomic mass is 16.5. The van der Waals surface area contributed by atoms with Crippen molar-refractivity contribution in [2.75, 3.05) is 19.8 Å². The summed E-state index contributed by atoms with van der Waals surface area (Å²) in [6.45, 7) is 3.74. The zero-order valence-corrected chi connectivity index (χ0v) is 13.5. The van der Waals surface area contributed by atoms with Gasteiger partial charge in [-0.2, -0.15) is 0 Å². The van der Waals surface area contributed by atoms with Crippen LogP contribution in [0.4, 0.5) is 0 Å². The van der Waals surface area contributed by atoms with Crippen molar-refractivity contribution in [3.63, 3.8) is 0 Å². The van der Waals surface area contributed by atoms with Crippen molar-refractivity contribution < 1.29 is 9.53 Å². The maximum absolute atomic E-state index is 12.3. The molecule has 2 aromatic rings. The number of hydrogen-bond acceptors (Lipinski definition) is 5. The molecule has 7 heteroatoms. The fraction of sp³-hybridized carbons (Fsp3) is 0.412. The van der Waals surface area contributed by atoms with Gasteiger partial charge in [0, 0.05) is 36.5 Å². The van der Waals surface area contributed by atoms with Crippen LogP contribution in [0.15, 0.2) is 29.2 Å². The Balaban J connectivity index is 1.69. The molecular formula is C17H20N4O3. The topological polar surface area (TPSA) is 97.0 Å². The molecule has 0 radical (unpaired) electrons. The third-order valence-corrected chi connectivity index (χ3v) is 4.08. The fourth-order valence-electron chi connectivity index (χ4n) is 2.67. The van der Waals surface area contributed by atoms with E-state index in [2.05, 4.69) is 20.3 Å². The molecule has 2 N–H and O–H groups in total. The summed E-state index contributed by atoms with van der Waals surface area (Å²) >= 11 is 0. The van der Waals surface area contributed by atoms with Gasteiger partial charge in [0.25, 0.3) is 5.56 Å². The Kier molecular flexibility index (Phi) is 5.00. The van der Waals surface area contributed by atoms with E-state index < -0.39 is 0 Å². The summed E-state index contributed by atoms with van der Waals surface area (Å²) < 4.78 is 5.28. The predicted octanol–water partition coefficient (Wildman–Crippen LogP) is 0.836. The van der Waals surface area contributed by atoms with E-state index in [-0.39, 0.29) is 17.9 Å². The van der Waals surface area contributed by atoms with E-state index in [1.807, 2.05) is 6.07 Å². The highest BCUT2D eigenvalue weighted by Gasteiger charge is 2.18. The number of aromatic nitrogens is 3. The Morgan fingerprint density at radius 2 is 2.33 bits per heavy atom. The predicted molar refractivity (Wildman–Crippen MR) is 88.5 cm³/mol. The second-order valence-electron chi connectivity index (χ2n) is 5.90. The molecule has 1 aliphatic rings. The minimum Gasteiger partial charge on any atom is -0.381 e. The summed E-state index contributed by atoms with van der Waals surface area (Å²) in [5.74, 6) is 0.589. The lowest BCUT2D eigenvalue weighted by molar-refractivity contribution is -0.120. The normalized spacial score (nSPS) is 17.0. The van der Waals surface area contributed by atoms with E-state index in [1.165, 1.54) is 0 Å². The maximum Gasteiger partial charge on any atom is 0.255 e. The van der Waals surface area contributed by atoms with Crippen LogP contribution < -0.4 is 10.9 Å². The molecule has 3 rings (SSSR count). The largest absolute Gasteiger partial charge is 0.381 e. The Hall–Kier alpha value is -2.54. The van der Waals surface area contributed by atoms with Gasteiger partial charge in [-0.15, -0.1) is 0 Å². The summed E-state index contributed by atoms with van der Waals surface area (Å²) in [7, 11) is 0. The molecule has 1 aliphatic heterocycles. The summed E-state index contributed by atoms with van der Waals surface area (Å²) in [5.41, 5.74) is 1.21. The number of nitrogens with zero attached hydrogens (tertiary/aromatic N) is 2. The molecule has 2 aromatic heterocycles. The summed E-state index contributed by atoms with van der Waals surface area (Å²) in [6.07, 6.45) is 2.61. The van der Waals surface area contributed by atoms with Crippen molar-refractivity contribution in [1.29, 1.82) is 0 Å². The van der Waals surface area contributed by atoms with Crippen LogP contribution in [0.25, 0.3) is 11.5 Å². The standard InChI is InChI=1S/C17H20N4O3/c1-11-13(8-15(22)19-9-12-5-7-24-10-12)17(23)21-16(20-11)14-4-2-3-6-18-14/h2-4,6,12H,5,7-10H2,1H3,(H,19,22)(H,20,21,23)/t12-/m0/s1. The summed E-state index contributed by atoms with van der Waals surface area (Å²) in [6, 6.07) is 5.39. The number of aryl methyl sites for hydroxylation is 1. The van der Waals surface area contributed by atoms with Crippen molar-refractivity contribution >= 4 is 5.91 Å². The third-order valence-electron chi connectivity index (χ3n) is 4.08. The molecule has 3 heterocycles. The van der Waals surface area contributed by atoms with Gasteiger partial charge in [-0.05, 0) is 25.5 Å². The summed E-state index contributed by atoms with van der Waals surface area (Å²) in [5, 5.41) is 2.86. The number of H-pyrrole nitrogens is 1. The molecule has 24 heavy (non-hydrogen) atoms. The quantitative estimate of drug-likeness (QED) is 0.847. The van der Waals surface area contributed by atoms with Gasteiger partial charge in [0.15, 0.2) is 5.82 Å². The molecule has 0 aromatic carbocycles. The van der Waals surface area contributed by atoms with E-state index in [4.69, 9.17) is 4.74 Å². The number of aromatic amines is 1. The van der Waals surface area contributed by atoms with Crippen LogP contribution in [0.2, 0.25) is 0 Å². The first-order valence-corrected chi connectivity index (χ1v) is 7.99. The van der Waals surface area contributed by atoms with E-state index >= 15 is 0 Å². The average Bonchev–Trinajstić information content (AvgIpc) is 3.10. The average molecular weight is 328 g/mol. The number of rotatable bonds is 5. The van der Waals surface area contributed by atoms with Crippen LogP contribution in [0.3, 0.4) is 0 Å². The maximum atomic E-state index is 12.3. The van der Waals surface area contributed by atoms with Gasteiger partial charge in [-0.25, -0.2) is 4.98 Å². The van der Waals surface area contributed by atoms with Crippen molar-refractivity contribution in [3.05, 3.63) is 46.0 Å². The van der Waals surface area contributed by atoms with Gasteiger partial charge >= 0.3 is 0 Å². The van der Waals surface area contributed by atoms with Gasteiger partial charge < -0.3 is 15.0 Å². The van der Waals surface area contributed by atoms with Crippen LogP contribution in [0.5, 0.6) is 0 Å². The molecule has 1 saturated heterocycles. The first-order chi connectivity index (χ1) is 11.6. The number of carbonyl (C=O) groups excluding carboxylic acids is 1. The van der Waals surface area contributed by atoms with Crippen LogP contribution in [-0.4, -0.2) is 40.6 Å². The number of nitrogens with one attached hydrogen (secondary N) is 2. The first-order valence-electron chi connectivity index (χ1n) is 7.99. The lowest BCUT2D eigenvalue weighted by Gasteiger charge is -2.10. The highest BCUT2D eigenvalue weighted by molar-refractivity contribution is 5.78. The van der Waals surface area contributed by atoms with Gasteiger partial charge in [-0.1, -0.05) is 6.07 Å². The van der Waals surface area contributed by atoms with Gasteiger partial charge in [0.05, 0.1) is 13.0 Å². The zero-order chi connectivity index (χ0) is 16.9. The van der Waals surface area contributed by atoms with Crippen LogP contribution in [0, 0.1) is 12.8 Å². The minimum absolute atomic E-state index is 0.0181. The van der Waals surface area contributed by atoms with Gasteiger partial charge in [-0.3, -0.25) is 14.6 Å². The number of pyridine rings is 1. The molecule has 1 fully saturated rings. The van der Waals surface area contributed by atoms with Crippen molar-refractivity contribution in [3.8, 4) is 11.5 Å². The molecule has 126 valence electrons. The molecule has 0 bridgehead atoms. The number of carbonyl (C=O) groups is 1. The number of hydrogen-bond donors (Lipinski definition) is 2. The molecule has 0 saturated carbocycles. The first kappa shape index (κ1) is 16.3. The molecule has 0 unspecified atom stereocenters. The van der Waals surface area contributed by atoms with Gasteiger partial charge in [0.1, 0.15) is 5.69 Å². The smallest absolute Gasteiger partial charge is 0.255 e. The zero-order valence-electron chi connectivity index (χ0n) is 13.5. The summed E-state index contributed by atoms with van der Waals surface area (Å²) in [4.78, 5) is 35.6. The molecule has 1 amide bonds. The Labute approximate surface area is 139 Å². The number of ether oxygens (including phenoxy) is 1. The second-order valence-corrected chi connectivity index (χ2v) is 5.90. The molecule has 0 aliphatic carbocycles. The fourth-order valence-corrected chi connectivity index (χ4v) is 2.67. The van der Waals surface area contributed by atoms with E-state index in [0.29, 0.717) is 41.8 Å². The van der Waals surface area contributed by atoms with Crippen molar-refractivity contribution in [2.24, 2.45) is 5.92 Å². The lowest BCUT2D eigenvalue weighted by Crippen LogP contribution is -2.33. The van der Waals surface area contributed by atoms with Crippen molar-refractivity contribution in [2.45, 2.75) is 19.8 Å². The Bertz CT molecular complexity index is 767. The SMILES string of the molecule is Cc1nc(-c2ccccn2)[nH]c(=O)c1CC(=O)NC[C@@H]1CCOC1. The van der Waals surface area contributed by atoms with E-state index in [9.17, 15) is 9.59 Å². The number of amides is 1. The Morgan fingerprint density at radius 3 is 3.00 bits per heavy atom. The van der Waals surface area contributed by atoms with Crippen LogP contribution in [0.1, 0.15) is 17.7 Å². The highest BCUT2D eigenvalue weighted by Crippen LogP contribution is 2.12. The molecule has 7 nitrogen and oxygen atoms in total. The van der Waals surface area contributed by atoms with Gasteiger partial charge in [0.2, 0.25) is 5.91 Å². The third kappa shape index (κ3) is 3.86. The molecule has 1 atom stereocenters. The monoisotopic (exact) mass is 328 g/mol. The molecular weight excluding hydrogens is 308 g/mol. The van der Waals surface area contributed by atoms with Crippen LogP contribution >= 0.6 is 0 Å². The van der Waals surface area contributed by atoms with E-state index in [1.54, 1.807) is 25.3 Å². The van der Waals surface area contributed by atoms with E-state index in [0.717, 1.165) is 13.0 Å². The Morgan fingerprint density at radius 1 is 1.46 bits per heavy atom. The van der Waals surface area contributed by atoms with Crippen LogP contribution in [-0.2, 0) is 16.0 Å². The minimum atomic E-state index is -0.303. The molecule has 0 spiro atoms. The second kappa shape index (κ2) is 7.35. The lowest BCUT2D eigenvalue weighted by atomic mass is 10.1. The van der Waals surface area contributed by atoms with Crippen molar-refractivity contribution in [1.82, 2.24) is 20.3 Å².